The monoisotopic (exact) mass is 249 g/mol. The molecule has 0 spiro atoms. The van der Waals surface area contributed by atoms with E-state index in [2.05, 4.69) is 17.4 Å². The Kier molecular flexibility index (Phi) is 4.33. The molecule has 0 radical (unpaired) electrons. The van der Waals surface area contributed by atoms with Crippen LogP contribution in [0.25, 0.3) is 0 Å². The van der Waals surface area contributed by atoms with Crippen LogP contribution < -0.4 is 5.32 Å². The summed E-state index contributed by atoms with van der Waals surface area (Å²) in [6.45, 7) is 1.79. The van der Waals surface area contributed by atoms with Gasteiger partial charge in [-0.25, -0.2) is 0 Å². The van der Waals surface area contributed by atoms with Gasteiger partial charge in [0.1, 0.15) is 6.79 Å². The highest BCUT2D eigenvalue weighted by Crippen LogP contribution is 2.31. The van der Waals surface area contributed by atoms with E-state index in [0.29, 0.717) is 0 Å². The van der Waals surface area contributed by atoms with Gasteiger partial charge < -0.3 is 14.8 Å². The predicted octanol–water partition coefficient (Wildman–Crippen LogP) is 1.80. The third kappa shape index (κ3) is 2.89. The smallest absolute Gasteiger partial charge is 0.217 e. The molecule has 0 fully saturated rings. The SMILES string of the molecule is COCO[C@H]1CCc2ccccc2[C@H]1NC(C)=O. The van der Waals surface area contributed by atoms with Crippen LogP contribution in [-0.2, 0) is 20.7 Å². The van der Waals surface area contributed by atoms with E-state index in [-0.39, 0.29) is 24.8 Å². The zero-order valence-corrected chi connectivity index (χ0v) is 10.8. The molecule has 2 rings (SSSR count). The highest BCUT2D eigenvalue weighted by molar-refractivity contribution is 5.73. The summed E-state index contributed by atoms with van der Waals surface area (Å²) in [5.41, 5.74) is 2.44. The number of carbonyl (C=O) groups is 1. The Labute approximate surface area is 107 Å². The standard InChI is InChI=1S/C14H19NO3/c1-10(16)15-14-12-6-4-3-5-11(12)7-8-13(14)18-9-17-2/h3-6,13-14H,7-9H2,1-2H3,(H,15,16)/t13-,14+/m0/s1. The second-order valence-electron chi connectivity index (χ2n) is 4.53. The Morgan fingerprint density at radius 1 is 1.44 bits per heavy atom. The number of ether oxygens (including phenoxy) is 2. The van der Waals surface area contributed by atoms with Crippen molar-refractivity contribution in [2.75, 3.05) is 13.9 Å². The van der Waals surface area contributed by atoms with Crippen molar-refractivity contribution in [3.8, 4) is 0 Å². The van der Waals surface area contributed by atoms with Gasteiger partial charge in [0.2, 0.25) is 5.91 Å². The van der Waals surface area contributed by atoms with Gasteiger partial charge in [0.05, 0.1) is 12.1 Å². The zero-order chi connectivity index (χ0) is 13.0. The lowest BCUT2D eigenvalue weighted by molar-refractivity contribution is -0.124. The molecule has 0 unspecified atom stereocenters. The van der Waals surface area contributed by atoms with Crippen LogP contribution in [0.2, 0.25) is 0 Å². The summed E-state index contributed by atoms with van der Waals surface area (Å²) in [5, 5.41) is 2.98. The molecule has 1 N–H and O–H groups in total. The number of hydrogen-bond donors (Lipinski definition) is 1. The van der Waals surface area contributed by atoms with E-state index in [4.69, 9.17) is 9.47 Å². The Morgan fingerprint density at radius 2 is 2.22 bits per heavy atom. The second kappa shape index (κ2) is 5.98. The topological polar surface area (TPSA) is 47.6 Å². The predicted molar refractivity (Wildman–Crippen MR) is 68.1 cm³/mol. The van der Waals surface area contributed by atoms with Gasteiger partial charge in [0.25, 0.3) is 0 Å². The zero-order valence-electron chi connectivity index (χ0n) is 10.8. The van der Waals surface area contributed by atoms with Gasteiger partial charge in [-0.15, -0.1) is 0 Å². The molecule has 1 aliphatic rings. The summed E-state index contributed by atoms with van der Waals surface area (Å²) in [6, 6.07) is 8.10. The van der Waals surface area contributed by atoms with Crippen LogP contribution in [0.1, 0.15) is 30.5 Å². The molecule has 0 aromatic heterocycles. The van der Waals surface area contributed by atoms with Crippen molar-refractivity contribution in [3.05, 3.63) is 35.4 Å². The van der Waals surface area contributed by atoms with Crippen LogP contribution in [0.5, 0.6) is 0 Å². The first-order valence-electron chi connectivity index (χ1n) is 6.18. The van der Waals surface area contributed by atoms with Gasteiger partial charge in [-0.05, 0) is 24.0 Å². The number of rotatable bonds is 4. The number of nitrogens with one attached hydrogen (secondary N) is 1. The first-order chi connectivity index (χ1) is 8.72. The van der Waals surface area contributed by atoms with Gasteiger partial charge in [0.15, 0.2) is 0 Å². The van der Waals surface area contributed by atoms with E-state index < -0.39 is 0 Å². The largest absolute Gasteiger partial charge is 0.359 e. The second-order valence-corrected chi connectivity index (χ2v) is 4.53. The summed E-state index contributed by atoms with van der Waals surface area (Å²) in [4.78, 5) is 11.3. The molecule has 0 saturated carbocycles. The maximum Gasteiger partial charge on any atom is 0.217 e. The molecule has 98 valence electrons. The summed E-state index contributed by atoms with van der Waals surface area (Å²) in [7, 11) is 1.60. The molecule has 4 nitrogen and oxygen atoms in total. The van der Waals surface area contributed by atoms with E-state index >= 15 is 0 Å². The van der Waals surface area contributed by atoms with Crippen molar-refractivity contribution in [3.63, 3.8) is 0 Å². The van der Waals surface area contributed by atoms with Crippen molar-refractivity contribution in [1.82, 2.24) is 5.32 Å². The highest BCUT2D eigenvalue weighted by Gasteiger charge is 2.30. The normalized spacial score (nSPS) is 22.3. The third-order valence-electron chi connectivity index (χ3n) is 3.22. The van der Waals surface area contributed by atoms with E-state index in [9.17, 15) is 4.79 Å². The lowest BCUT2D eigenvalue weighted by Crippen LogP contribution is -2.40. The van der Waals surface area contributed by atoms with Crippen LogP contribution in [0, 0.1) is 0 Å². The summed E-state index contributed by atoms with van der Waals surface area (Å²) >= 11 is 0. The van der Waals surface area contributed by atoms with Crippen molar-refractivity contribution in [2.45, 2.75) is 31.9 Å². The van der Waals surface area contributed by atoms with E-state index in [0.717, 1.165) is 18.4 Å². The maximum atomic E-state index is 11.3. The fourth-order valence-corrected chi connectivity index (χ4v) is 2.45. The number of amides is 1. The molecule has 0 aliphatic heterocycles. The number of methoxy groups -OCH3 is 1. The van der Waals surface area contributed by atoms with Gasteiger partial charge in [-0.2, -0.15) is 0 Å². The Balaban J connectivity index is 2.21. The average Bonchev–Trinajstić information content (AvgIpc) is 2.37. The van der Waals surface area contributed by atoms with Crippen molar-refractivity contribution in [1.29, 1.82) is 0 Å². The summed E-state index contributed by atoms with van der Waals surface area (Å²) in [6.07, 6.45) is 1.84. The van der Waals surface area contributed by atoms with E-state index in [1.165, 1.54) is 12.5 Å². The maximum absolute atomic E-state index is 11.3. The lowest BCUT2D eigenvalue weighted by atomic mass is 9.85. The number of carbonyl (C=O) groups excluding carboxylic acids is 1. The minimum atomic E-state index is -0.0809. The highest BCUT2D eigenvalue weighted by atomic mass is 16.7. The van der Waals surface area contributed by atoms with E-state index in [1.54, 1.807) is 7.11 Å². The van der Waals surface area contributed by atoms with E-state index in [1.807, 2.05) is 12.1 Å². The summed E-state index contributed by atoms with van der Waals surface area (Å²) in [5.74, 6) is -0.0391. The third-order valence-corrected chi connectivity index (χ3v) is 3.22. The van der Waals surface area contributed by atoms with Crippen LogP contribution in [0.4, 0.5) is 0 Å². The molecule has 1 aromatic carbocycles. The van der Waals surface area contributed by atoms with Crippen LogP contribution in [0.15, 0.2) is 24.3 Å². The molecule has 18 heavy (non-hydrogen) atoms. The number of aryl methyl sites for hydroxylation is 1. The molecule has 4 heteroatoms. The van der Waals surface area contributed by atoms with Gasteiger partial charge in [-0.1, -0.05) is 24.3 Å². The van der Waals surface area contributed by atoms with Crippen molar-refractivity contribution < 1.29 is 14.3 Å². The molecule has 1 amide bonds. The number of benzene rings is 1. The Morgan fingerprint density at radius 3 is 2.94 bits per heavy atom. The molecule has 2 atom stereocenters. The Bertz CT molecular complexity index is 419. The lowest BCUT2D eigenvalue weighted by Gasteiger charge is -2.33. The molecular weight excluding hydrogens is 230 g/mol. The van der Waals surface area contributed by atoms with Gasteiger partial charge in [-0.3, -0.25) is 4.79 Å². The number of hydrogen-bond acceptors (Lipinski definition) is 3. The molecule has 0 bridgehead atoms. The van der Waals surface area contributed by atoms with Crippen LogP contribution >= 0.6 is 0 Å². The molecule has 1 aromatic rings. The molecular formula is C14H19NO3. The molecule has 0 heterocycles. The fourth-order valence-electron chi connectivity index (χ4n) is 2.45. The molecule has 1 aliphatic carbocycles. The van der Waals surface area contributed by atoms with Crippen molar-refractivity contribution in [2.24, 2.45) is 0 Å². The summed E-state index contributed by atoms with van der Waals surface area (Å²) < 4.78 is 10.6. The van der Waals surface area contributed by atoms with Crippen LogP contribution in [-0.4, -0.2) is 25.9 Å². The quantitative estimate of drug-likeness (QED) is 0.828. The Hall–Kier alpha value is -1.39. The first-order valence-corrected chi connectivity index (χ1v) is 6.18. The molecule has 0 saturated heterocycles. The minimum absolute atomic E-state index is 0.0243. The first kappa shape index (κ1) is 13.1. The number of fused-ring (bicyclic) bond motifs is 1. The van der Waals surface area contributed by atoms with Crippen LogP contribution in [0.3, 0.4) is 0 Å². The van der Waals surface area contributed by atoms with Gasteiger partial charge in [0, 0.05) is 14.0 Å². The minimum Gasteiger partial charge on any atom is -0.359 e. The van der Waals surface area contributed by atoms with Gasteiger partial charge >= 0.3 is 0 Å². The van der Waals surface area contributed by atoms with Crippen molar-refractivity contribution >= 4 is 5.91 Å². The average molecular weight is 249 g/mol. The fraction of sp³-hybridized carbons (Fsp3) is 0.500.